The van der Waals surface area contributed by atoms with Crippen LogP contribution in [-0.2, 0) is 0 Å². The molecule has 0 N–H and O–H groups in total. The smallest absolute Gasteiger partial charge is 0.0683 e. The monoisotopic (exact) mass is 234 g/mol. The van der Waals surface area contributed by atoms with Gasteiger partial charge in [0.2, 0.25) is 0 Å². The molecular formula is C13H22Si2. The maximum Gasteiger partial charge on any atom is 0.0683 e. The molecule has 0 saturated carbocycles. The summed E-state index contributed by atoms with van der Waals surface area (Å²) in [7, 11) is -1.35. The lowest BCUT2D eigenvalue weighted by Crippen LogP contribution is -2.21. The van der Waals surface area contributed by atoms with Crippen LogP contribution < -0.4 is 0 Å². The maximum atomic E-state index is 2.46. The molecule has 0 nitrogen and oxygen atoms in total. The minimum atomic E-state index is -1.05. The number of allylic oxidation sites excluding steroid dienone is 5. The van der Waals surface area contributed by atoms with E-state index in [1.165, 1.54) is 0 Å². The minimum Gasteiger partial charge on any atom is -0.0980 e. The van der Waals surface area contributed by atoms with Gasteiger partial charge in [-0.25, -0.2) is 0 Å². The second-order valence-corrected chi connectivity index (χ2v) is 13.1. The van der Waals surface area contributed by atoms with Gasteiger partial charge in [-0.05, 0) is 0 Å². The van der Waals surface area contributed by atoms with E-state index >= 15 is 0 Å². The SMILES string of the molecule is C[Si](C)=C1C=CC=CC1C=C[Si](C)(C)C. The molecule has 1 unspecified atom stereocenters. The number of rotatable bonds is 2. The van der Waals surface area contributed by atoms with Crippen LogP contribution in [0.4, 0.5) is 0 Å². The Balaban J connectivity index is 2.87. The van der Waals surface area contributed by atoms with E-state index in [0.29, 0.717) is 5.92 Å². The van der Waals surface area contributed by atoms with Crippen molar-refractivity contribution in [2.45, 2.75) is 32.7 Å². The summed E-state index contributed by atoms with van der Waals surface area (Å²) in [5.74, 6) is 0.575. The van der Waals surface area contributed by atoms with E-state index in [0.717, 1.165) is 0 Å². The zero-order chi connectivity index (χ0) is 11.5. The Kier molecular flexibility index (Phi) is 4.23. The molecule has 0 aromatic rings. The predicted molar refractivity (Wildman–Crippen MR) is 76.7 cm³/mol. The van der Waals surface area contributed by atoms with Crippen LogP contribution in [0, 0.1) is 5.92 Å². The summed E-state index contributed by atoms with van der Waals surface area (Å²) in [4.78, 5) is 0. The molecule has 2 heteroatoms. The first-order valence-corrected chi connectivity index (χ1v) is 11.7. The zero-order valence-corrected chi connectivity index (χ0v) is 12.5. The Bertz CT molecular complexity index is 334. The Labute approximate surface area is 96.6 Å². The summed E-state index contributed by atoms with van der Waals surface area (Å²) in [6.07, 6.45) is 11.4. The first-order valence-electron chi connectivity index (χ1n) is 5.62. The topological polar surface area (TPSA) is 0 Å². The standard InChI is InChI=1S/C13H22Si2/c1-14(2)13-9-7-6-8-12(13)10-11-15(3,4)5/h6-12H,1-5H3. The molecule has 0 amide bonds. The van der Waals surface area contributed by atoms with Gasteiger partial charge in [-0.15, -0.1) is 0 Å². The molecule has 82 valence electrons. The third-order valence-electron chi connectivity index (χ3n) is 2.45. The summed E-state index contributed by atoms with van der Waals surface area (Å²) >= 11 is 0. The highest BCUT2D eigenvalue weighted by Gasteiger charge is 2.12. The van der Waals surface area contributed by atoms with Crippen molar-refractivity contribution in [3.63, 3.8) is 0 Å². The van der Waals surface area contributed by atoms with Crippen molar-refractivity contribution < 1.29 is 0 Å². The van der Waals surface area contributed by atoms with Crippen molar-refractivity contribution in [1.29, 1.82) is 0 Å². The Morgan fingerprint density at radius 3 is 2.40 bits per heavy atom. The lowest BCUT2D eigenvalue weighted by Gasteiger charge is -2.17. The first-order chi connectivity index (χ1) is 6.90. The largest absolute Gasteiger partial charge is 0.0980 e. The van der Waals surface area contributed by atoms with Gasteiger partial charge in [0, 0.05) is 14.3 Å². The fourth-order valence-electron chi connectivity index (χ4n) is 1.62. The fourth-order valence-corrected chi connectivity index (χ4v) is 3.69. The molecule has 1 rings (SSSR count). The molecule has 0 aromatic heterocycles. The first kappa shape index (κ1) is 12.6. The maximum absolute atomic E-state index is 2.46. The molecule has 0 radical (unpaired) electrons. The van der Waals surface area contributed by atoms with Crippen LogP contribution in [0.1, 0.15) is 0 Å². The second-order valence-electron chi connectivity index (χ2n) is 5.45. The summed E-state index contributed by atoms with van der Waals surface area (Å²) in [6, 6.07) is 0. The molecule has 0 saturated heterocycles. The third-order valence-corrected chi connectivity index (χ3v) is 5.29. The van der Waals surface area contributed by atoms with E-state index in [2.05, 4.69) is 68.8 Å². The van der Waals surface area contributed by atoms with E-state index in [1.807, 2.05) is 0 Å². The molecule has 15 heavy (non-hydrogen) atoms. The van der Waals surface area contributed by atoms with Gasteiger partial charge in [0.25, 0.3) is 0 Å². The molecular weight excluding hydrogens is 212 g/mol. The summed E-state index contributed by atoms with van der Waals surface area (Å²) in [5.41, 5.74) is 2.46. The highest BCUT2D eigenvalue weighted by atomic mass is 28.3. The summed E-state index contributed by atoms with van der Waals surface area (Å²) < 4.78 is 0. The van der Waals surface area contributed by atoms with Crippen molar-refractivity contribution >= 4 is 21.7 Å². The summed E-state index contributed by atoms with van der Waals surface area (Å²) in [5, 5.41) is 1.64. The van der Waals surface area contributed by atoms with Crippen LogP contribution in [0.2, 0.25) is 32.7 Å². The van der Waals surface area contributed by atoms with Gasteiger partial charge < -0.3 is 0 Å². The van der Waals surface area contributed by atoms with E-state index in [4.69, 9.17) is 0 Å². The molecule has 0 spiro atoms. The molecule has 1 aliphatic carbocycles. The van der Waals surface area contributed by atoms with Crippen molar-refractivity contribution in [2.24, 2.45) is 5.92 Å². The minimum absolute atomic E-state index is 0.308. The van der Waals surface area contributed by atoms with E-state index in [-0.39, 0.29) is 8.41 Å². The van der Waals surface area contributed by atoms with Crippen molar-refractivity contribution in [2.75, 3.05) is 0 Å². The highest BCUT2D eigenvalue weighted by Crippen LogP contribution is 2.13. The molecule has 0 heterocycles. The van der Waals surface area contributed by atoms with Crippen molar-refractivity contribution in [1.82, 2.24) is 0 Å². The van der Waals surface area contributed by atoms with Gasteiger partial charge in [-0.3, -0.25) is 0 Å². The van der Waals surface area contributed by atoms with Gasteiger partial charge in [0.1, 0.15) is 0 Å². The van der Waals surface area contributed by atoms with Crippen LogP contribution in [0.5, 0.6) is 0 Å². The van der Waals surface area contributed by atoms with Crippen molar-refractivity contribution in [3.8, 4) is 0 Å². The molecule has 0 fully saturated rings. The normalized spacial score (nSPS) is 21.4. The van der Waals surface area contributed by atoms with Gasteiger partial charge in [0.05, 0.1) is 8.07 Å². The third kappa shape index (κ3) is 4.26. The average Bonchev–Trinajstić information content (AvgIpc) is 2.14. The molecule has 0 aromatic carbocycles. The lowest BCUT2D eigenvalue weighted by molar-refractivity contribution is 1.16. The quantitative estimate of drug-likeness (QED) is 0.640. The number of hydrogen-bond donors (Lipinski definition) is 0. The molecule has 1 atom stereocenters. The van der Waals surface area contributed by atoms with E-state index in [9.17, 15) is 0 Å². The van der Waals surface area contributed by atoms with Gasteiger partial charge in [-0.2, -0.15) is 0 Å². The predicted octanol–water partition coefficient (Wildman–Crippen LogP) is 3.67. The zero-order valence-electron chi connectivity index (χ0n) is 10.5. The van der Waals surface area contributed by atoms with Crippen LogP contribution in [-0.4, -0.2) is 21.7 Å². The van der Waals surface area contributed by atoms with Gasteiger partial charge >= 0.3 is 0 Å². The van der Waals surface area contributed by atoms with E-state index in [1.54, 1.807) is 5.17 Å². The Morgan fingerprint density at radius 2 is 1.87 bits per heavy atom. The van der Waals surface area contributed by atoms with Crippen LogP contribution >= 0.6 is 0 Å². The van der Waals surface area contributed by atoms with Crippen molar-refractivity contribution in [3.05, 3.63) is 36.1 Å². The average molecular weight is 234 g/mol. The Hall–Kier alpha value is -0.476. The van der Waals surface area contributed by atoms with Crippen LogP contribution in [0.25, 0.3) is 0 Å². The Morgan fingerprint density at radius 1 is 1.20 bits per heavy atom. The van der Waals surface area contributed by atoms with Crippen LogP contribution in [0.3, 0.4) is 0 Å². The van der Waals surface area contributed by atoms with Gasteiger partial charge in [0.15, 0.2) is 0 Å². The number of hydrogen-bond acceptors (Lipinski definition) is 0. The van der Waals surface area contributed by atoms with E-state index < -0.39 is 8.07 Å². The highest BCUT2D eigenvalue weighted by molar-refractivity contribution is 6.81. The lowest BCUT2D eigenvalue weighted by atomic mass is 10.0. The molecule has 1 aliphatic rings. The van der Waals surface area contributed by atoms with Crippen LogP contribution in [0.15, 0.2) is 36.1 Å². The van der Waals surface area contributed by atoms with Gasteiger partial charge in [-0.1, -0.05) is 74.0 Å². The second kappa shape index (κ2) is 5.04. The molecule has 0 aliphatic heterocycles. The molecule has 0 bridgehead atoms. The summed E-state index contributed by atoms with van der Waals surface area (Å²) in [6.45, 7) is 11.9. The fraction of sp³-hybridized carbons (Fsp3) is 0.462.